The number of ether oxygens (including phenoxy) is 1. The fourth-order valence-electron chi connectivity index (χ4n) is 1.33. The molecule has 0 aliphatic carbocycles. The van der Waals surface area contributed by atoms with Crippen LogP contribution in [0.2, 0.25) is 0 Å². The van der Waals surface area contributed by atoms with Gasteiger partial charge in [0.05, 0.1) is 6.04 Å². The normalized spacial score (nSPS) is 11.7. The Bertz CT molecular complexity index is 455. The molecule has 6 heteroatoms. The molecular formula is C13H14F2N2O2. The van der Waals surface area contributed by atoms with Crippen molar-refractivity contribution in [2.45, 2.75) is 25.6 Å². The Morgan fingerprint density at radius 3 is 2.58 bits per heavy atom. The van der Waals surface area contributed by atoms with Gasteiger partial charge in [-0.3, -0.25) is 4.79 Å². The van der Waals surface area contributed by atoms with Crippen molar-refractivity contribution in [3.8, 4) is 18.1 Å². The van der Waals surface area contributed by atoms with Gasteiger partial charge in [-0.15, -0.1) is 12.3 Å². The number of benzene rings is 1. The number of nitrogens with one attached hydrogen (secondary N) is 1. The Morgan fingerprint density at radius 1 is 1.42 bits per heavy atom. The quantitative estimate of drug-likeness (QED) is 0.763. The smallest absolute Gasteiger partial charge is 0.387 e. The zero-order chi connectivity index (χ0) is 14.3. The average Bonchev–Trinajstić information content (AvgIpc) is 2.37. The number of amides is 1. The van der Waals surface area contributed by atoms with Crippen molar-refractivity contribution in [1.29, 1.82) is 0 Å². The van der Waals surface area contributed by atoms with Crippen LogP contribution in [0.4, 0.5) is 8.78 Å². The number of terminal acetylenes is 1. The first-order chi connectivity index (χ1) is 9.02. The highest BCUT2D eigenvalue weighted by atomic mass is 19.3. The van der Waals surface area contributed by atoms with Crippen LogP contribution in [0.25, 0.3) is 0 Å². The molecule has 102 valence electrons. The van der Waals surface area contributed by atoms with E-state index >= 15 is 0 Å². The van der Waals surface area contributed by atoms with E-state index in [-0.39, 0.29) is 24.6 Å². The molecule has 4 nitrogen and oxygen atoms in total. The molecule has 1 aromatic rings. The molecule has 0 heterocycles. The zero-order valence-electron chi connectivity index (χ0n) is 10.1. The van der Waals surface area contributed by atoms with Gasteiger partial charge in [0.15, 0.2) is 0 Å². The van der Waals surface area contributed by atoms with Crippen LogP contribution in [0.5, 0.6) is 5.75 Å². The molecule has 0 bridgehead atoms. The highest BCUT2D eigenvalue weighted by Crippen LogP contribution is 2.14. The van der Waals surface area contributed by atoms with E-state index in [4.69, 9.17) is 12.2 Å². The van der Waals surface area contributed by atoms with Crippen molar-refractivity contribution in [3.05, 3.63) is 29.8 Å². The maximum Gasteiger partial charge on any atom is 0.387 e. The second-order valence-corrected chi connectivity index (χ2v) is 3.75. The van der Waals surface area contributed by atoms with Gasteiger partial charge in [0.25, 0.3) is 0 Å². The third-order valence-corrected chi connectivity index (χ3v) is 2.29. The molecule has 1 amide bonds. The summed E-state index contributed by atoms with van der Waals surface area (Å²) in [4.78, 5) is 11.5. The minimum absolute atomic E-state index is 0.0640. The molecular weight excluding hydrogens is 254 g/mol. The second kappa shape index (κ2) is 7.34. The number of halogens is 2. The largest absolute Gasteiger partial charge is 0.435 e. The van der Waals surface area contributed by atoms with Gasteiger partial charge in [-0.05, 0) is 17.7 Å². The number of nitrogens with two attached hydrogens (primary N) is 1. The standard InChI is InChI=1S/C13H14F2N2O2/c1-2-3-11(16)12(18)17-8-9-4-6-10(7-5-9)19-13(14)15/h1,4-7,11,13H,3,8,16H2,(H,17,18). The van der Waals surface area contributed by atoms with E-state index in [9.17, 15) is 13.6 Å². The number of carbonyl (C=O) groups is 1. The molecule has 19 heavy (non-hydrogen) atoms. The molecule has 0 saturated carbocycles. The average molecular weight is 268 g/mol. The summed E-state index contributed by atoms with van der Waals surface area (Å²) in [6.45, 7) is -2.61. The summed E-state index contributed by atoms with van der Waals surface area (Å²) in [6.07, 6.45) is 5.21. The predicted molar refractivity (Wildman–Crippen MR) is 66.3 cm³/mol. The van der Waals surface area contributed by atoms with Gasteiger partial charge in [0.2, 0.25) is 5.91 Å². The molecule has 1 atom stereocenters. The van der Waals surface area contributed by atoms with Crippen LogP contribution >= 0.6 is 0 Å². The Morgan fingerprint density at radius 2 is 2.05 bits per heavy atom. The zero-order valence-corrected chi connectivity index (χ0v) is 10.1. The van der Waals surface area contributed by atoms with Crippen molar-refractivity contribution in [1.82, 2.24) is 5.32 Å². The fourth-order valence-corrected chi connectivity index (χ4v) is 1.33. The van der Waals surface area contributed by atoms with Gasteiger partial charge in [-0.2, -0.15) is 8.78 Å². The third-order valence-electron chi connectivity index (χ3n) is 2.29. The Hall–Kier alpha value is -2.13. The number of hydrogen-bond acceptors (Lipinski definition) is 3. The maximum atomic E-state index is 11.9. The molecule has 0 aliphatic heterocycles. The van der Waals surface area contributed by atoms with Crippen LogP contribution in [0.3, 0.4) is 0 Å². The van der Waals surface area contributed by atoms with Crippen LogP contribution < -0.4 is 15.8 Å². The van der Waals surface area contributed by atoms with Crippen LogP contribution in [-0.4, -0.2) is 18.6 Å². The first-order valence-electron chi connectivity index (χ1n) is 5.53. The molecule has 0 aliphatic rings. The van der Waals surface area contributed by atoms with Crippen LogP contribution in [0, 0.1) is 12.3 Å². The summed E-state index contributed by atoms with van der Waals surface area (Å²) < 4.78 is 28.1. The van der Waals surface area contributed by atoms with Gasteiger partial charge in [-0.25, -0.2) is 0 Å². The fraction of sp³-hybridized carbons (Fsp3) is 0.308. The van der Waals surface area contributed by atoms with Crippen molar-refractivity contribution < 1.29 is 18.3 Å². The Balaban J connectivity index is 2.46. The predicted octanol–water partition coefficient (Wildman–Crippen LogP) is 1.25. The summed E-state index contributed by atoms with van der Waals surface area (Å²) >= 11 is 0. The van der Waals surface area contributed by atoms with E-state index in [1.807, 2.05) is 0 Å². The van der Waals surface area contributed by atoms with E-state index < -0.39 is 12.7 Å². The molecule has 0 fully saturated rings. The highest BCUT2D eigenvalue weighted by molar-refractivity contribution is 5.81. The number of hydrogen-bond donors (Lipinski definition) is 2. The van der Waals surface area contributed by atoms with Gasteiger partial charge in [0.1, 0.15) is 5.75 Å². The van der Waals surface area contributed by atoms with Crippen molar-refractivity contribution in [3.63, 3.8) is 0 Å². The summed E-state index contributed by atoms with van der Waals surface area (Å²) in [5.74, 6) is 2.01. The topological polar surface area (TPSA) is 64.4 Å². The molecule has 0 aromatic heterocycles. The van der Waals surface area contributed by atoms with E-state index in [2.05, 4.69) is 16.0 Å². The van der Waals surface area contributed by atoms with Crippen molar-refractivity contribution in [2.75, 3.05) is 0 Å². The van der Waals surface area contributed by atoms with E-state index in [1.165, 1.54) is 12.1 Å². The Kier molecular flexibility index (Phi) is 5.76. The Labute approximate surface area is 109 Å². The summed E-state index contributed by atoms with van der Waals surface area (Å²) in [6, 6.07) is 5.20. The molecule has 1 unspecified atom stereocenters. The first kappa shape index (κ1) is 14.9. The van der Waals surface area contributed by atoms with Crippen LogP contribution in [0.15, 0.2) is 24.3 Å². The van der Waals surface area contributed by atoms with Gasteiger partial charge in [-0.1, -0.05) is 12.1 Å². The van der Waals surface area contributed by atoms with Gasteiger partial charge in [0, 0.05) is 13.0 Å². The second-order valence-electron chi connectivity index (χ2n) is 3.75. The molecule has 0 spiro atoms. The van der Waals surface area contributed by atoms with E-state index in [0.29, 0.717) is 0 Å². The van der Waals surface area contributed by atoms with E-state index in [1.54, 1.807) is 12.1 Å². The minimum Gasteiger partial charge on any atom is -0.435 e. The molecule has 0 saturated heterocycles. The number of rotatable bonds is 6. The monoisotopic (exact) mass is 268 g/mol. The lowest BCUT2D eigenvalue weighted by molar-refractivity contribution is -0.122. The lowest BCUT2D eigenvalue weighted by Gasteiger charge is -2.10. The lowest BCUT2D eigenvalue weighted by Crippen LogP contribution is -2.39. The van der Waals surface area contributed by atoms with Crippen molar-refractivity contribution in [2.24, 2.45) is 5.73 Å². The molecule has 1 aromatic carbocycles. The van der Waals surface area contributed by atoms with Gasteiger partial charge >= 0.3 is 6.61 Å². The lowest BCUT2D eigenvalue weighted by atomic mass is 10.2. The summed E-state index contributed by atoms with van der Waals surface area (Å²) in [5, 5.41) is 2.60. The van der Waals surface area contributed by atoms with Crippen LogP contribution in [-0.2, 0) is 11.3 Å². The maximum absolute atomic E-state index is 11.9. The third kappa shape index (κ3) is 5.36. The first-order valence-corrected chi connectivity index (χ1v) is 5.53. The summed E-state index contributed by atoms with van der Waals surface area (Å²) in [5.41, 5.74) is 6.25. The number of carbonyl (C=O) groups excluding carboxylic acids is 1. The number of alkyl halides is 2. The molecule has 3 N–H and O–H groups in total. The highest BCUT2D eigenvalue weighted by Gasteiger charge is 2.11. The molecule has 0 radical (unpaired) electrons. The SMILES string of the molecule is C#CCC(N)C(=O)NCc1ccc(OC(F)F)cc1. The minimum atomic E-state index is -2.85. The van der Waals surface area contributed by atoms with E-state index in [0.717, 1.165) is 5.56 Å². The van der Waals surface area contributed by atoms with Crippen molar-refractivity contribution >= 4 is 5.91 Å². The van der Waals surface area contributed by atoms with Crippen LogP contribution in [0.1, 0.15) is 12.0 Å². The van der Waals surface area contributed by atoms with Gasteiger partial charge < -0.3 is 15.8 Å². The summed E-state index contributed by atoms with van der Waals surface area (Å²) in [7, 11) is 0. The molecule has 1 rings (SSSR count).